The van der Waals surface area contributed by atoms with Gasteiger partial charge in [-0.1, -0.05) is 28.8 Å². The van der Waals surface area contributed by atoms with E-state index in [4.69, 9.17) is 9.47 Å². The van der Waals surface area contributed by atoms with Crippen molar-refractivity contribution < 1.29 is 19.4 Å². The number of hydrogen-bond acceptors (Lipinski definition) is 3. The van der Waals surface area contributed by atoms with Gasteiger partial charge in [-0.3, -0.25) is 4.79 Å². The maximum absolute atomic E-state index is 11.8. The van der Waals surface area contributed by atoms with Gasteiger partial charge in [0.15, 0.2) is 11.5 Å². The first-order valence-corrected chi connectivity index (χ1v) is 7.26. The molecule has 1 fully saturated rings. The van der Waals surface area contributed by atoms with Crippen LogP contribution in [0.2, 0.25) is 0 Å². The summed E-state index contributed by atoms with van der Waals surface area (Å²) in [5.74, 6) is 0.583. The van der Waals surface area contributed by atoms with Crippen molar-refractivity contribution in [2.45, 2.75) is 31.1 Å². The highest BCUT2D eigenvalue weighted by Gasteiger charge is 2.44. The van der Waals surface area contributed by atoms with Crippen LogP contribution in [0.5, 0.6) is 11.5 Å². The maximum Gasteiger partial charge on any atom is 0.314 e. The normalized spacial score (nSPS) is 20.3. The maximum atomic E-state index is 11.8. The van der Waals surface area contributed by atoms with Crippen LogP contribution in [0.3, 0.4) is 0 Å². The molecule has 1 aromatic carbocycles. The minimum absolute atomic E-state index is 0.508. The average Bonchev–Trinajstić information content (AvgIpc) is 2.88. The van der Waals surface area contributed by atoms with Gasteiger partial charge in [0.25, 0.3) is 0 Å². The molecule has 102 valence electrons. The molecule has 1 aliphatic heterocycles. The SMILES string of the molecule is O=C(O)C1(c2cc3c(cc2Br)OCCO3)CCCC1. The van der Waals surface area contributed by atoms with Crippen LogP contribution in [0.15, 0.2) is 16.6 Å². The number of carbonyl (C=O) groups is 1. The summed E-state index contributed by atoms with van der Waals surface area (Å²) in [6.45, 7) is 1.04. The Labute approximate surface area is 119 Å². The van der Waals surface area contributed by atoms with Crippen molar-refractivity contribution in [2.75, 3.05) is 13.2 Å². The fourth-order valence-electron chi connectivity index (χ4n) is 3.01. The highest BCUT2D eigenvalue weighted by atomic mass is 79.9. The molecule has 0 spiro atoms. The van der Waals surface area contributed by atoms with Gasteiger partial charge in [0, 0.05) is 4.47 Å². The molecule has 0 bridgehead atoms. The minimum atomic E-state index is -0.783. The Kier molecular flexibility index (Phi) is 3.17. The summed E-state index contributed by atoms with van der Waals surface area (Å²) in [5.41, 5.74) is 0.0241. The third kappa shape index (κ3) is 2.00. The Hall–Kier alpha value is -1.23. The first kappa shape index (κ1) is 12.8. The number of aliphatic carboxylic acids is 1. The molecule has 1 saturated carbocycles. The standard InChI is InChI=1S/C14H15BrO4/c15-10-8-12-11(18-5-6-19-12)7-9(10)14(13(16)17)3-1-2-4-14/h7-8H,1-6H2,(H,16,17). The van der Waals surface area contributed by atoms with Gasteiger partial charge in [0.1, 0.15) is 13.2 Å². The molecular formula is C14H15BrO4. The van der Waals surface area contributed by atoms with Crippen molar-refractivity contribution in [3.05, 3.63) is 22.2 Å². The van der Waals surface area contributed by atoms with E-state index in [2.05, 4.69) is 15.9 Å². The lowest BCUT2D eigenvalue weighted by Crippen LogP contribution is -2.33. The van der Waals surface area contributed by atoms with Gasteiger partial charge < -0.3 is 14.6 Å². The van der Waals surface area contributed by atoms with Crippen molar-refractivity contribution in [3.63, 3.8) is 0 Å². The van der Waals surface area contributed by atoms with Crippen molar-refractivity contribution in [3.8, 4) is 11.5 Å². The molecule has 0 atom stereocenters. The molecule has 2 aliphatic rings. The molecule has 1 aliphatic carbocycles. The third-order valence-corrected chi connectivity index (χ3v) is 4.67. The molecular weight excluding hydrogens is 312 g/mol. The van der Waals surface area contributed by atoms with Crippen molar-refractivity contribution in [1.29, 1.82) is 0 Å². The van der Waals surface area contributed by atoms with E-state index in [9.17, 15) is 9.90 Å². The Bertz CT molecular complexity index is 520. The molecule has 1 aromatic rings. The van der Waals surface area contributed by atoms with E-state index in [0.29, 0.717) is 37.6 Å². The highest BCUT2D eigenvalue weighted by Crippen LogP contribution is 2.47. The van der Waals surface area contributed by atoms with Gasteiger partial charge in [-0.15, -0.1) is 0 Å². The highest BCUT2D eigenvalue weighted by molar-refractivity contribution is 9.10. The van der Waals surface area contributed by atoms with E-state index >= 15 is 0 Å². The molecule has 5 heteroatoms. The van der Waals surface area contributed by atoms with Gasteiger partial charge in [-0.2, -0.15) is 0 Å². The van der Waals surface area contributed by atoms with Crippen LogP contribution in [-0.4, -0.2) is 24.3 Å². The van der Waals surface area contributed by atoms with Crippen LogP contribution in [0.4, 0.5) is 0 Å². The molecule has 1 heterocycles. The van der Waals surface area contributed by atoms with Crippen LogP contribution in [-0.2, 0) is 10.2 Å². The number of halogens is 1. The van der Waals surface area contributed by atoms with Crippen LogP contribution >= 0.6 is 15.9 Å². The largest absolute Gasteiger partial charge is 0.486 e. The van der Waals surface area contributed by atoms with Crippen LogP contribution in [0.25, 0.3) is 0 Å². The topological polar surface area (TPSA) is 55.8 Å². The van der Waals surface area contributed by atoms with Crippen molar-refractivity contribution in [1.82, 2.24) is 0 Å². The van der Waals surface area contributed by atoms with E-state index in [1.54, 1.807) is 0 Å². The number of hydrogen-bond donors (Lipinski definition) is 1. The smallest absolute Gasteiger partial charge is 0.314 e. The summed E-state index contributed by atoms with van der Waals surface area (Å²) in [4.78, 5) is 11.8. The summed E-state index contributed by atoms with van der Waals surface area (Å²) in [7, 11) is 0. The second-order valence-electron chi connectivity index (χ2n) is 5.07. The second-order valence-corrected chi connectivity index (χ2v) is 5.92. The van der Waals surface area contributed by atoms with Crippen molar-refractivity contribution in [2.24, 2.45) is 0 Å². The first-order chi connectivity index (χ1) is 9.13. The Balaban J connectivity index is 2.11. The zero-order chi connectivity index (χ0) is 13.5. The third-order valence-electron chi connectivity index (χ3n) is 4.01. The van der Waals surface area contributed by atoms with Crippen LogP contribution < -0.4 is 9.47 Å². The first-order valence-electron chi connectivity index (χ1n) is 6.46. The lowest BCUT2D eigenvalue weighted by Gasteiger charge is -2.28. The predicted octanol–water partition coefficient (Wildman–Crippen LogP) is 3.12. The Morgan fingerprint density at radius 1 is 1.16 bits per heavy atom. The summed E-state index contributed by atoms with van der Waals surface area (Å²) in [6.07, 6.45) is 3.27. The summed E-state index contributed by atoms with van der Waals surface area (Å²) in [5, 5.41) is 9.65. The number of rotatable bonds is 2. The van der Waals surface area contributed by atoms with E-state index in [-0.39, 0.29) is 0 Å². The number of benzene rings is 1. The van der Waals surface area contributed by atoms with E-state index in [0.717, 1.165) is 22.9 Å². The zero-order valence-electron chi connectivity index (χ0n) is 10.4. The van der Waals surface area contributed by atoms with Gasteiger partial charge in [-0.05, 0) is 30.5 Å². The molecule has 4 nitrogen and oxygen atoms in total. The summed E-state index contributed by atoms with van der Waals surface area (Å²) >= 11 is 3.49. The zero-order valence-corrected chi connectivity index (χ0v) is 12.0. The van der Waals surface area contributed by atoms with E-state index < -0.39 is 11.4 Å². The average molecular weight is 327 g/mol. The van der Waals surface area contributed by atoms with Crippen LogP contribution in [0.1, 0.15) is 31.2 Å². The fraction of sp³-hybridized carbons (Fsp3) is 0.500. The molecule has 3 rings (SSSR count). The van der Waals surface area contributed by atoms with Gasteiger partial charge in [0.05, 0.1) is 5.41 Å². The molecule has 0 radical (unpaired) electrons. The molecule has 0 amide bonds. The van der Waals surface area contributed by atoms with E-state index in [1.807, 2.05) is 12.1 Å². The fourth-order valence-corrected chi connectivity index (χ4v) is 3.71. The van der Waals surface area contributed by atoms with Crippen molar-refractivity contribution >= 4 is 21.9 Å². The van der Waals surface area contributed by atoms with Gasteiger partial charge in [-0.25, -0.2) is 0 Å². The number of fused-ring (bicyclic) bond motifs is 1. The molecule has 1 N–H and O–H groups in total. The molecule has 0 unspecified atom stereocenters. The number of carboxylic acids is 1. The molecule has 19 heavy (non-hydrogen) atoms. The van der Waals surface area contributed by atoms with E-state index in [1.165, 1.54) is 0 Å². The van der Waals surface area contributed by atoms with Gasteiger partial charge >= 0.3 is 5.97 Å². The number of ether oxygens (including phenoxy) is 2. The molecule has 0 aromatic heterocycles. The van der Waals surface area contributed by atoms with Crippen LogP contribution in [0, 0.1) is 0 Å². The Morgan fingerprint density at radius 2 is 1.74 bits per heavy atom. The Morgan fingerprint density at radius 3 is 2.32 bits per heavy atom. The minimum Gasteiger partial charge on any atom is -0.486 e. The number of carboxylic acid groups (broad SMARTS) is 1. The summed E-state index contributed by atoms with van der Waals surface area (Å²) < 4.78 is 11.9. The predicted molar refractivity (Wildman–Crippen MR) is 72.9 cm³/mol. The second kappa shape index (κ2) is 4.71. The lowest BCUT2D eigenvalue weighted by molar-refractivity contribution is -0.143. The summed E-state index contributed by atoms with van der Waals surface area (Å²) in [6, 6.07) is 3.66. The quantitative estimate of drug-likeness (QED) is 0.907. The lowest BCUT2D eigenvalue weighted by atomic mass is 9.79. The molecule has 0 saturated heterocycles. The van der Waals surface area contributed by atoms with Gasteiger partial charge in [0.2, 0.25) is 0 Å². The monoisotopic (exact) mass is 326 g/mol.